The van der Waals surface area contributed by atoms with Crippen LogP contribution in [-0.2, 0) is 4.79 Å². The monoisotopic (exact) mass is 401 g/mol. The maximum atomic E-state index is 14.5. The van der Waals surface area contributed by atoms with Gasteiger partial charge in [-0.3, -0.25) is 4.79 Å². The van der Waals surface area contributed by atoms with Crippen LogP contribution in [0.25, 0.3) is 11.0 Å². The Hall–Kier alpha value is -3.23. The van der Waals surface area contributed by atoms with Crippen molar-refractivity contribution in [1.82, 2.24) is 0 Å². The van der Waals surface area contributed by atoms with E-state index in [0.29, 0.717) is 11.1 Å². The number of aliphatic hydroxyl groups is 1. The highest BCUT2D eigenvalue weighted by Crippen LogP contribution is 2.35. The number of nitrogens with two attached hydrogens (primary N) is 1. The van der Waals surface area contributed by atoms with Gasteiger partial charge >= 0.3 is 5.91 Å². The molecule has 3 N–H and O–H groups in total. The molecule has 0 aliphatic carbocycles. The van der Waals surface area contributed by atoms with Crippen molar-refractivity contribution in [2.24, 2.45) is 5.73 Å². The van der Waals surface area contributed by atoms with Gasteiger partial charge in [-0.1, -0.05) is 18.2 Å². The Bertz CT molecular complexity index is 1080. The summed E-state index contributed by atoms with van der Waals surface area (Å²) in [5.41, 5.74) is 5.68. The molecule has 1 unspecified atom stereocenters. The van der Waals surface area contributed by atoms with E-state index in [1.165, 1.54) is 20.2 Å². The van der Waals surface area contributed by atoms with Crippen molar-refractivity contribution in [3.8, 4) is 11.5 Å². The summed E-state index contributed by atoms with van der Waals surface area (Å²) in [4.78, 5) is 25.0. The fourth-order valence-electron chi connectivity index (χ4n) is 3.22. The molecule has 0 bridgehead atoms. The number of benzene rings is 2. The van der Waals surface area contributed by atoms with Gasteiger partial charge in [0.25, 0.3) is 5.91 Å². The van der Waals surface area contributed by atoms with Gasteiger partial charge in [0, 0.05) is 11.5 Å². The van der Waals surface area contributed by atoms with Crippen molar-refractivity contribution in [3.63, 3.8) is 0 Å². The van der Waals surface area contributed by atoms with Crippen molar-refractivity contribution in [2.75, 3.05) is 20.7 Å². The van der Waals surface area contributed by atoms with Crippen molar-refractivity contribution < 1.29 is 32.7 Å². The predicted octanol–water partition coefficient (Wildman–Crippen LogP) is 2.74. The zero-order valence-corrected chi connectivity index (χ0v) is 16.3. The van der Waals surface area contributed by atoms with Crippen LogP contribution in [-0.4, -0.2) is 48.1 Å². The van der Waals surface area contributed by atoms with E-state index in [2.05, 4.69) is 0 Å². The average molecular weight is 401 g/mol. The SMILES string of the molecule is Cc1oc2cc(F)c(Oc3ccccc3)cc2c1C(=O)[N+](C)(C)C(CO)C(N)=O. The van der Waals surface area contributed by atoms with Crippen molar-refractivity contribution in [1.29, 1.82) is 0 Å². The Morgan fingerprint density at radius 3 is 2.48 bits per heavy atom. The highest BCUT2D eigenvalue weighted by molar-refractivity contribution is 6.05. The van der Waals surface area contributed by atoms with Gasteiger partial charge < -0.3 is 20.0 Å². The summed E-state index contributed by atoms with van der Waals surface area (Å²) in [6.45, 7) is 0.973. The molecule has 0 fully saturated rings. The Balaban J connectivity index is 2.10. The molecule has 2 aromatic carbocycles. The van der Waals surface area contributed by atoms with E-state index in [1.807, 2.05) is 0 Å². The average Bonchev–Trinajstić information content (AvgIpc) is 2.96. The van der Waals surface area contributed by atoms with Crippen LogP contribution in [0.4, 0.5) is 4.39 Å². The molecule has 2 amide bonds. The third-order valence-electron chi connectivity index (χ3n) is 4.91. The molecule has 0 radical (unpaired) electrons. The molecule has 3 aromatic rings. The quantitative estimate of drug-likeness (QED) is 0.619. The zero-order valence-electron chi connectivity index (χ0n) is 16.3. The van der Waals surface area contributed by atoms with Crippen molar-refractivity contribution in [3.05, 3.63) is 59.6 Å². The van der Waals surface area contributed by atoms with E-state index in [-0.39, 0.29) is 22.7 Å². The molecule has 1 aromatic heterocycles. The molecule has 3 rings (SSSR count). The number of furan rings is 1. The summed E-state index contributed by atoms with van der Waals surface area (Å²) >= 11 is 0. The zero-order chi connectivity index (χ0) is 21.3. The fourth-order valence-corrected chi connectivity index (χ4v) is 3.22. The smallest absolute Gasteiger partial charge is 0.350 e. The standard InChI is InChI=1S/C21H21FN2O5/c1-12-19(21(27)24(2,3)16(11-25)20(23)26)14-9-18(15(22)10-17(14)28-12)29-13-7-5-4-6-8-13/h4-10,16,25H,11H2,1-3H3,(H-,23,26)/p+1. The largest absolute Gasteiger partial charge is 0.460 e. The number of aryl methyl sites for hydroxylation is 1. The molecule has 29 heavy (non-hydrogen) atoms. The number of hydrogen-bond acceptors (Lipinski definition) is 5. The number of carbonyl (C=O) groups excluding carboxylic acids is 2. The molecule has 0 saturated carbocycles. The van der Waals surface area contributed by atoms with E-state index in [1.54, 1.807) is 37.3 Å². The molecule has 0 spiro atoms. The number of para-hydroxylation sites is 1. The van der Waals surface area contributed by atoms with Crippen LogP contribution in [0.1, 0.15) is 16.1 Å². The van der Waals surface area contributed by atoms with E-state index >= 15 is 0 Å². The third-order valence-corrected chi connectivity index (χ3v) is 4.91. The number of primary amides is 1. The minimum Gasteiger partial charge on any atom is -0.460 e. The lowest BCUT2D eigenvalue weighted by Crippen LogP contribution is -2.60. The van der Waals surface area contributed by atoms with Crippen LogP contribution < -0.4 is 10.5 Å². The first-order chi connectivity index (χ1) is 13.7. The second-order valence-electron chi connectivity index (χ2n) is 7.17. The second-order valence-corrected chi connectivity index (χ2v) is 7.17. The Morgan fingerprint density at radius 1 is 1.24 bits per heavy atom. The Morgan fingerprint density at radius 2 is 1.90 bits per heavy atom. The maximum absolute atomic E-state index is 14.5. The number of carbonyl (C=O) groups is 2. The van der Waals surface area contributed by atoms with Crippen LogP contribution >= 0.6 is 0 Å². The van der Waals surface area contributed by atoms with E-state index in [4.69, 9.17) is 14.9 Å². The van der Waals surface area contributed by atoms with Gasteiger partial charge in [-0.05, 0) is 25.1 Å². The van der Waals surface area contributed by atoms with Crippen LogP contribution in [0.2, 0.25) is 0 Å². The summed E-state index contributed by atoms with van der Waals surface area (Å²) in [5.74, 6) is -1.34. The van der Waals surface area contributed by atoms with Crippen molar-refractivity contribution in [2.45, 2.75) is 13.0 Å². The number of rotatable bonds is 6. The third kappa shape index (κ3) is 3.72. The fraction of sp³-hybridized carbons (Fsp3) is 0.238. The molecule has 1 heterocycles. The van der Waals surface area contributed by atoms with Gasteiger partial charge in [0.1, 0.15) is 29.3 Å². The van der Waals surface area contributed by atoms with Gasteiger partial charge in [-0.25, -0.2) is 13.7 Å². The van der Waals surface area contributed by atoms with Crippen LogP contribution in [0, 0.1) is 12.7 Å². The van der Waals surface area contributed by atoms with Crippen LogP contribution in [0.3, 0.4) is 0 Å². The lowest BCUT2D eigenvalue weighted by Gasteiger charge is -2.32. The van der Waals surface area contributed by atoms with Gasteiger partial charge in [-0.15, -0.1) is 0 Å². The number of hydrogen-bond donors (Lipinski definition) is 2. The second kappa shape index (κ2) is 7.65. The lowest BCUT2D eigenvalue weighted by atomic mass is 10.1. The minimum absolute atomic E-state index is 0.0718. The Labute approximate surface area is 166 Å². The molecular weight excluding hydrogens is 379 g/mol. The normalized spacial score (nSPS) is 12.7. The lowest BCUT2D eigenvalue weighted by molar-refractivity contribution is -0.825. The highest BCUT2D eigenvalue weighted by atomic mass is 19.1. The first-order valence-corrected chi connectivity index (χ1v) is 8.91. The molecule has 1 atom stereocenters. The Kier molecular flexibility index (Phi) is 5.41. The number of likely N-dealkylation sites (N-methyl/N-ethyl adjacent to an activating group) is 1. The first-order valence-electron chi connectivity index (χ1n) is 8.91. The molecular formula is C21H22FN2O5+. The van der Waals surface area contributed by atoms with Gasteiger partial charge in [-0.2, -0.15) is 0 Å². The van der Waals surface area contributed by atoms with E-state index < -0.39 is 34.8 Å². The topological polar surface area (TPSA) is 103 Å². The molecule has 0 saturated heterocycles. The summed E-state index contributed by atoms with van der Waals surface area (Å²) in [7, 11) is 2.94. The number of fused-ring (bicyclic) bond motifs is 1. The first kappa shape index (κ1) is 20.5. The summed E-state index contributed by atoms with van der Waals surface area (Å²) in [6, 6.07) is 10.0. The molecule has 7 nitrogen and oxygen atoms in total. The molecule has 0 aliphatic rings. The minimum atomic E-state index is -1.15. The highest BCUT2D eigenvalue weighted by Gasteiger charge is 2.42. The van der Waals surface area contributed by atoms with Gasteiger partial charge in [0.15, 0.2) is 17.6 Å². The molecule has 8 heteroatoms. The summed E-state index contributed by atoms with van der Waals surface area (Å²) < 4.78 is 25.2. The van der Waals surface area contributed by atoms with E-state index in [9.17, 15) is 19.1 Å². The number of amides is 2. The number of quaternary nitrogens is 1. The number of ether oxygens (including phenoxy) is 1. The predicted molar refractivity (Wildman–Crippen MR) is 104 cm³/mol. The van der Waals surface area contributed by atoms with Gasteiger partial charge in [0.2, 0.25) is 0 Å². The number of halogens is 1. The molecule has 0 aliphatic heterocycles. The number of nitrogens with zero attached hydrogens (tertiary/aromatic N) is 1. The number of aliphatic hydroxyl groups excluding tert-OH is 1. The summed E-state index contributed by atoms with van der Waals surface area (Å²) in [6.07, 6.45) is 0. The van der Waals surface area contributed by atoms with E-state index in [0.717, 1.165) is 6.07 Å². The van der Waals surface area contributed by atoms with Crippen LogP contribution in [0.5, 0.6) is 11.5 Å². The van der Waals surface area contributed by atoms with Crippen LogP contribution in [0.15, 0.2) is 46.9 Å². The maximum Gasteiger partial charge on any atom is 0.350 e. The van der Waals surface area contributed by atoms with Crippen molar-refractivity contribution >= 4 is 22.8 Å². The summed E-state index contributed by atoms with van der Waals surface area (Å²) in [5, 5.41) is 9.88. The van der Waals surface area contributed by atoms with Gasteiger partial charge in [0.05, 0.1) is 14.1 Å². The molecule has 152 valence electrons.